The van der Waals surface area contributed by atoms with Crippen LogP contribution in [0.1, 0.15) is 26.2 Å². The maximum Gasteiger partial charge on any atom is 0.309 e. The molecule has 0 unspecified atom stereocenters. The zero-order valence-electron chi connectivity index (χ0n) is 17.6. The van der Waals surface area contributed by atoms with E-state index in [9.17, 15) is 26.4 Å². The molecule has 2 aliphatic rings. The number of benzene rings is 1. The van der Waals surface area contributed by atoms with Crippen molar-refractivity contribution < 1.29 is 31.2 Å². The van der Waals surface area contributed by atoms with Crippen molar-refractivity contribution in [3.05, 3.63) is 30.3 Å². The van der Waals surface area contributed by atoms with Gasteiger partial charge in [0, 0.05) is 26.2 Å². The third-order valence-electron chi connectivity index (χ3n) is 5.91. The van der Waals surface area contributed by atoms with Crippen LogP contribution in [0.25, 0.3) is 0 Å². The summed E-state index contributed by atoms with van der Waals surface area (Å²) in [6, 6.07) is 7.72. The molecule has 3 rings (SSSR count). The van der Waals surface area contributed by atoms with Gasteiger partial charge in [0.15, 0.2) is 15.9 Å². The molecule has 2 atom stereocenters. The highest BCUT2D eigenvalue weighted by atomic mass is 32.2. The number of carbonyl (C=O) groups is 2. The summed E-state index contributed by atoms with van der Waals surface area (Å²) in [6.07, 6.45) is -0.0446. The average Bonchev–Trinajstić information content (AvgIpc) is 3.13. The fourth-order valence-electron chi connectivity index (χ4n) is 3.94. The molecule has 0 aliphatic carbocycles. The average molecular weight is 473 g/mol. The van der Waals surface area contributed by atoms with Crippen LogP contribution in [0.2, 0.25) is 0 Å². The minimum atomic E-state index is -3.61. The van der Waals surface area contributed by atoms with E-state index in [0.29, 0.717) is 19.3 Å². The number of carbonyl (C=O) groups excluding carboxylic acids is 2. The second-order valence-electron chi connectivity index (χ2n) is 8.08. The van der Waals surface area contributed by atoms with Gasteiger partial charge in [-0.05, 0) is 38.3 Å². The Balaban J connectivity index is 1.52. The van der Waals surface area contributed by atoms with Crippen molar-refractivity contribution in [3.63, 3.8) is 0 Å². The summed E-state index contributed by atoms with van der Waals surface area (Å²) in [4.78, 5) is 26.7. The van der Waals surface area contributed by atoms with Crippen LogP contribution in [0.3, 0.4) is 0 Å². The van der Waals surface area contributed by atoms with Gasteiger partial charge in [-0.1, -0.05) is 18.2 Å². The fraction of sp³-hybridized carbons (Fsp3) is 0.600. The van der Waals surface area contributed by atoms with Crippen LogP contribution < -0.4 is 0 Å². The number of sulfonamides is 1. The number of hydrogen-bond acceptors (Lipinski definition) is 7. The molecule has 0 aromatic heterocycles. The number of sulfone groups is 1. The van der Waals surface area contributed by atoms with Crippen molar-refractivity contribution in [3.8, 4) is 0 Å². The van der Waals surface area contributed by atoms with Crippen molar-refractivity contribution >= 4 is 31.7 Å². The summed E-state index contributed by atoms with van der Waals surface area (Å²) in [6.45, 7) is 1.85. The number of esters is 1. The maximum absolute atomic E-state index is 12.7. The first-order valence-corrected chi connectivity index (χ1v) is 13.5. The van der Waals surface area contributed by atoms with E-state index < -0.39 is 49.8 Å². The molecule has 1 aromatic carbocycles. The van der Waals surface area contributed by atoms with Crippen LogP contribution in [0.5, 0.6) is 0 Å². The van der Waals surface area contributed by atoms with E-state index in [1.807, 2.05) is 0 Å². The number of hydrogen-bond donors (Lipinski definition) is 0. The molecule has 0 N–H and O–H groups in total. The molecule has 1 aromatic rings. The van der Waals surface area contributed by atoms with Crippen molar-refractivity contribution in [1.29, 1.82) is 0 Å². The topological polar surface area (TPSA) is 118 Å². The van der Waals surface area contributed by atoms with Gasteiger partial charge in [0.25, 0.3) is 5.91 Å². The lowest BCUT2D eigenvalue weighted by Crippen LogP contribution is -2.45. The predicted octanol–water partition coefficient (Wildman–Crippen LogP) is 0.665. The first-order chi connectivity index (χ1) is 14.5. The van der Waals surface area contributed by atoms with Gasteiger partial charge < -0.3 is 9.64 Å². The van der Waals surface area contributed by atoms with E-state index in [4.69, 9.17) is 4.74 Å². The van der Waals surface area contributed by atoms with E-state index in [1.165, 1.54) is 35.3 Å². The molecule has 2 heterocycles. The Morgan fingerprint density at radius 3 is 2.29 bits per heavy atom. The lowest BCUT2D eigenvalue weighted by atomic mass is 9.98. The van der Waals surface area contributed by atoms with Crippen LogP contribution in [0.15, 0.2) is 35.2 Å². The first kappa shape index (κ1) is 23.7. The molecule has 1 amide bonds. The van der Waals surface area contributed by atoms with Gasteiger partial charge in [0.2, 0.25) is 10.0 Å². The minimum absolute atomic E-state index is 0.0495. The number of rotatable bonds is 6. The second-order valence-corrected chi connectivity index (χ2v) is 12.2. The highest BCUT2D eigenvalue weighted by Gasteiger charge is 2.37. The highest BCUT2D eigenvalue weighted by Crippen LogP contribution is 2.25. The fourth-order valence-corrected chi connectivity index (χ4v) is 7.21. The first-order valence-electron chi connectivity index (χ1n) is 10.2. The smallest absolute Gasteiger partial charge is 0.309 e. The third-order valence-corrected chi connectivity index (χ3v) is 9.58. The summed E-state index contributed by atoms with van der Waals surface area (Å²) in [5.41, 5.74) is 0. The van der Waals surface area contributed by atoms with Gasteiger partial charge >= 0.3 is 5.97 Å². The Morgan fingerprint density at radius 1 is 1.13 bits per heavy atom. The molecular weight excluding hydrogens is 444 g/mol. The van der Waals surface area contributed by atoms with Gasteiger partial charge in [-0.3, -0.25) is 9.59 Å². The molecule has 2 aliphatic heterocycles. The molecule has 9 nitrogen and oxygen atoms in total. The maximum atomic E-state index is 12.7. The van der Waals surface area contributed by atoms with Crippen molar-refractivity contribution in [2.75, 3.05) is 31.6 Å². The molecule has 31 heavy (non-hydrogen) atoms. The number of nitrogens with zero attached hydrogens (tertiary/aromatic N) is 2. The number of amides is 1. The number of piperidine rings is 1. The molecule has 2 saturated heterocycles. The van der Waals surface area contributed by atoms with Gasteiger partial charge in [0.05, 0.1) is 22.3 Å². The SMILES string of the molecule is C[C@H](OC(=O)C1CCN(S(=O)(=O)c2ccccc2)CC1)C(=O)N(C)[C@H]1CCS(=O)(=O)C1. The normalized spacial score (nSPS) is 23.2. The Kier molecular flexibility index (Phi) is 7.07. The quantitative estimate of drug-likeness (QED) is 0.558. The van der Waals surface area contributed by atoms with Crippen molar-refractivity contribution in [2.45, 2.75) is 43.2 Å². The molecule has 0 radical (unpaired) electrons. The van der Waals surface area contributed by atoms with Gasteiger partial charge in [-0.2, -0.15) is 4.31 Å². The van der Waals surface area contributed by atoms with Crippen LogP contribution in [0, 0.1) is 5.92 Å². The Bertz CT molecular complexity index is 1020. The van der Waals surface area contributed by atoms with Crippen LogP contribution >= 0.6 is 0 Å². The van der Waals surface area contributed by atoms with E-state index in [-0.39, 0.29) is 29.5 Å². The Morgan fingerprint density at radius 2 is 1.74 bits per heavy atom. The van der Waals surface area contributed by atoms with Crippen LogP contribution in [-0.4, -0.2) is 81.7 Å². The summed E-state index contributed by atoms with van der Waals surface area (Å²) in [5.74, 6) is -1.50. The molecule has 0 bridgehead atoms. The van der Waals surface area contributed by atoms with E-state index in [1.54, 1.807) is 18.2 Å². The monoisotopic (exact) mass is 472 g/mol. The Hall–Kier alpha value is -1.98. The van der Waals surface area contributed by atoms with Gasteiger partial charge in [-0.25, -0.2) is 16.8 Å². The predicted molar refractivity (Wildman–Crippen MR) is 113 cm³/mol. The largest absolute Gasteiger partial charge is 0.452 e. The molecule has 172 valence electrons. The molecule has 2 fully saturated rings. The van der Waals surface area contributed by atoms with Crippen molar-refractivity contribution in [1.82, 2.24) is 9.21 Å². The highest BCUT2D eigenvalue weighted by molar-refractivity contribution is 7.91. The summed E-state index contributed by atoms with van der Waals surface area (Å²) in [7, 11) is -5.22. The summed E-state index contributed by atoms with van der Waals surface area (Å²) < 4.78 is 55.4. The lowest BCUT2D eigenvalue weighted by molar-refractivity contribution is -0.163. The van der Waals surface area contributed by atoms with E-state index in [0.717, 1.165) is 0 Å². The minimum Gasteiger partial charge on any atom is -0.452 e. The van der Waals surface area contributed by atoms with E-state index >= 15 is 0 Å². The molecule has 0 saturated carbocycles. The molecular formula is C20H28N2O7S2. The van der Waals surface area contributed by atoms with Gasteiger partial charge in [0.1, 0.15) is 0 Å². The summed E-state index contributed by atoms with van der Waals surface area (Å²) >= 11 is 0. The van der Waals surface area contributed by atoms with Gasteiger partial charge in [-0.15, -0.1) is 0 Å². The number of ether oxygens (including phenoxy) is 1. The molecule has 0 spiro atoms. The molecule has 11 heteroatoms. The zero-order valence-corrected chi connectivity index (χ0v) is 19.3. The van der Waals surface area contributed by atoms with Crippen LogP contribution in [0.4, 0.5) is 0 Å². The standard InChI is InChI=1S/C20H28N2O7S2/c1-15(19(23)21(2)17-10-13-30(25,26)14-17)29-20(24)16-8-11-22(12-9-16)31(27,28)18-6-4-3-5-7-18/h3-7,15-17H,8-14H2,1-2H3/t15-,17-/m0/s1. The van der Waals surface area contributed by atoms with Crippen molar-refractivity contribution in [2.24, 2.45) is 5.92 Å². The second kappa shape index (κ2) is 9.25. The zero-order chi connectivity index (χ0) is 22.8. The number of likely N-dealkylation sites (N-methyl/N-ethyl adjacent to an activating group) is 1. The lowest BCUT2D eigenvalue weighted by Gasteiger charge is -2.31. The Labute approximate surface area is 183 Å². The summed E-state index contributed by atoms with van der Waals surface area (Å²) in [5, 5.41) is 0. The third kappa shape index (κ3) is 5.45. The van der Waals surface area contributed by atoms with E-state index in [2.05, 4.69) is 0 Å². The van der Waals surface area contributed by atoms with Crippen LogP contribution in [-0.2, 0) is 34.2 Å².